The van der Waals surface area contributed by atoms with Gasteiger partial charge in [0.2, 0.25) is 0 Å². The smallest absolute Gasteiger partial charge is 0.321 e. The summed E-state index contributed by atoms with van der Waals surface area (Å²) < 4.78 is 23.2. The maximum absolute atomic E-state index is 12.7. The summed E-state index contributed by atoms with van der Waals surface area (Å²) in [5.41, 5.74) is 1.61. The van der Waals surface area contributed by atoms with Crippen molar-refractivity contribution in [1.29, 1.82) is 0 Å². The van der Waals surface area contributed by atoms with Crippen LogP contribution in [-0.4, -0.2) is 32.7 Å². The molecule has 140 valence electrons. The molecule has 1 atom stereocenters. The van der Waals surface area contributed by atoms with E-state index in [2.05, 4.69) is 5.32 Å². The number of urea groups is 1. The quantitative estimate of drug-likeness (QED) is 0.724. The van der Waals surface area contributed by atoms with Crippen LogP contribution in [0.4, 0.5) is 10.5 Å². The lowest BCUT2D eigenvalue weighted by molar-refractivity contribution is 0.208. The Morgan fingerprint density at radius 2 is 1.59 bits per heavy atom. The highest BCUT2D eigenvalue weighted by Crippen LogP contribution is 2.25. The summed E-state index contributed by atoms with van der Waals surface area (Å²) in [7, 11) is -1.52. The molecule has 5 nitrogen and oxygen atoms in total. The summed E-state index contributed by atoms with van der Waals surface area (Å²) in [5, 5.41) is 5.00. The van der Waals surface area contributed by atoms with Gasteiger partial charge in [-0.2, -0.15) is 0 Å². The van der Waals surface area contributed by atoms with Gasteiger partial charge in [0, 0.05) is 18.7 Å². The van der Waals surface area contributed by atoms with Crippen molar-refractivity contribution in [2.45, 2.75) is 17.9 Å². The van der Waals surface area contributed by atoms with Crippen LogP contribution in [0.25, 0.3) is 10.8 Å². The average molecular weight is 382 g/mol. The van der Waals surface area contributed by atoms with E-state index in [0.29, 0.717) is 0 Å². The van der Waals surface area contributed by atoms with Crippen molar-refractivity contribution in [3.63, 3.8) is 0 Å². The molecule has 1 N–H and O–H groups in total. The van der Waals surface area contributed by atoms with E-state index in [-0.39, 0.29) is 17.0 Å². The summed E-state index contributed by atoms with van der Waals surface area (Å²) in [6.07, 6.45) is 1.18. The van der Waals surface area contributed by atoms with Gasteiger partial charge in [-0.1, -0.05) is 48.5 Å². The molecule has 0 aliphatic heterocycles. The van der Waals surface area contributed by atoms with Gasteiger partial charge in [0.1, 0.15) is 0 Å². The summed E-state index contributed by atoms with van der Waals surface area (Å²) in [6.45, 7) is 1.90. The predicted molar refractivity (Wildman–Crippen MR) is 109 cm³/mol. The fourth-order valence-electron chi connectivity index (χ4n) is 2.93. The molecule has 0 fully saturated rings. The SMILES string of the molecule is C[C@H](c1ccc(S(C)(=O)=O)cc1)N(C)C(=O)Nc1cccc2ccccc12. The lowest BCUT2D eigenvalue weighted by Crippen LogP contribution is -2.33. The summed E-state index contributed by atoms with van der Waals surface area (Å²) in [6, 6.07) is 19.8. The summed E-state index contributed by atoms with van der Waals surface area (Å²) >= 11 is 0. The molecule has 6 heteroatoms. The Labute approximate surface area is 159 Å². The van der Waals surface area contributed by atoms with E-state index in [1.165, 1.54) is 6.26 Å². The Hall–Kier alpha value is -2.86. The fraction of sp³-hybridized carbons (Fsp3) is 0.190. The first-order valence-corrected chi connectivity index (χ1v) is 10.5. The number of carbonyl (C=O) groups excluding carboxylic acids is 1. The van der Waals surface area contributed by atoms with E-state index in [1.807, 2.05) is 49.4 Å². The van der Waals surface area contributed by atoms with E-state index in [9.17, 15) is 13.2 Å². The van der Waals surface area contributed by atoms with Crippen LogP contribution in [0.1, 0.15) is 18.5 Å². The Balaban J connectivity index is 1.78. The van der Waals surface area contributed by atoms with E-state index in [4.69, 9.17) is 0 Å². The normalized spacial score (nSPS) is 12.6. The second-order valence-corrected chi connectivity index (χ2v) is 8.60. The van der Waals surface area contributed by atoms with Crippen molar-refractivity contribution < 1.29 is 13.2 Å². The molecule has 3 rings (SSSR count). The van der Waals surface area contributed by atoms with Crippen LogP contribution >= 0.6 is 0 Å². The number of anilines is 1. The number of nitrogens with one attached hydrogen (secondary N) is 1. The van der Waals surface area contributed by atoms with Gasteiger partial charge in [-0.05, 0) is 36.1 Å². The van der Waals surface area contributed by atoms with Gasteiger partial charge in [-0.3, -0.25) is 0 Å². The van der Waals surface area contributed by atoms with Crippen molar-refractivity contribution in [2.24, 2.45) is 0 Å². The van der Waals surface area contributed by atoms with Crippen LogP contribution in [0.2, 0.25) is 0 Å². The minimum absolute atomic E-state index is 0.214. The molecule has 2 amide bonds. The van der Waals surface area contributed by atoms with Crippen molar-refractivity contribution in [2.75, 3.05) is 18.6 Å². The minimum Gasteiger partial charge on any atom is -0.321 e. The highest BCUT2D eigenvalue weighted by molar-refractivity contribution is 7.90. The Morgan fingerprint density at radius 1 is 0.963 bits per heavy atom. The highest BCUT2D eigenvalue weighted by atomic mass is 32.2. The zero-order valence-electron chi connectivity index (χ0n) is 15.5. The van der Waals surface area contributed by atoms with Crippen molar-refractivity contribution in [1.82, 2.24) is 4.90 Å². The van der Waals surface area contributed by atoms with Crippen LogP contribution in [0.3, 0.4) is 0 Å². The van der Waals surface area contributed by atoms with Gasteiger partial charge >= 0.3 is 6.03 Å². The Kier molecular flexibility index (Phi) is 5.19. The van der Waals surface area contributed by atoms with E-state index >= 15 is 0 Å². The number of carbonyl (C=O) groups is 1. The number of rotatable bonds is 4. The first-order chi connectivity index (χ1) is 12.8. The zero-order valence-corrected chi connectivity index (χ0v) is 16.3. The maximum Gasteiger partial charge on any atom is 0.322 e. The van der Waals surface area contributed by atoms with Crippen LogP contribution in [-0.2, 0) is 9.84 Å². The van der Waals surface area contributed by atoms with Crippen molar-refractivity contribution in [3.8, 4) is 0 Å². The molecular weight excluding hydrogens is 360 g/mol. The third-order valence-corrected chi connectivity index (χ3v) is 5.85. The number of hydrogen-bond donors (Lipinski definition) is 1. The van der Waals surface area contributed by atoms with E-state index in [0.717, 1.165) is 22.0 Å². The Bertz CT molecular complexity index is 1070. The van der Waals surface area contributed by atoms with Gasteiger partial charge in [0.05, 0.1) is 16.6 Å². The number of nitrogens with zero attached hydrogens (tertiary/aromatic N) is 1. The molecule has 27 heavy (non-hydrogen) atoms. The monoisotopic (exact) mass is 382 g/mol. The Morgan fingerprint density at radius 3 is 2.26 bits per heavy atom. The second-order valence-electron chi connectivity index (χ2n) is 6.58. The highest BCUT2D eigenvalue weighted by Gasteiger charge is 2.19. The topological polar surface area (TPSA) is 66.5 Å². The number of fused-ring (bicyclic) bond motifs is 1. The van der Waals surface area contributed by atoms with Crippen LogP contribution < -0.4 is 5.32 Å². The van der Waals surface area contributed by atoms with Gasteiger partial charge in [-0.25, -0.2) is 13.2 Å². The predicted octanol–water partition coefficient (Wildman–Crippen LogP) is 4.47. The van der Waals surface area contributed by atoms with Gasteiger partial charge < -0.3 is 10.2 Å². The molecule has 0 saturated carbocycles. The summed E-state index contributed by atoms with van der Waals surface area (Å²) in [4.78, 5) is 14.6. The van der Waals surface area contributed by atoms with Crippen LogP contribution in [0.15, 0.2) is 71.6 Å². The molecule has 0 radical (unpaired) electrons. The standard InChI is InChI=1S/C21H22N2O3S/c1-15(16-11-13-18(14-12-16)27(3,25)26)23(2)21(24)22-20-10-6-8-17-7-4-5-9-19(17)20/h4-15H,1-3H3,(H,22,24)/t15-/m1/s1. The molecule has 0 bridgehead atoms. The molecule has 0 aromatic heterocycles. The summed E-state index contributed by atoms with van der Waals surface area (Å²) in [5.74, 6) is 0. The number of amides is 2. The zero-order chi connectivity index (χ0) is 19.6. The fourth-order valence-corrected chi connectivity index (χ4v) is 3.56. The number of benzene rings is 3. The van der Waals surface area contributed by atoms with Crippen molar-refractivity contribution >= 4 is 32.3 Å². The van der Waals surface area contributed by atoms with Gasteiger partial charge in [-0.15, -0.1) is 0 Å². The molecule has 0 aliphatic rings. The van der Waals surface area contributed by atoms with E-state index < -0.39 is 9.84 Å². The first kappa shape index (κ1) is 18.9. The third-order valence-electron chi connectivity index (χ3n) is 4.72. The molecule has 3 aromatic carbocycles. The number of sulfone groups is 1. The maximum atomic E-state index is 12.7. The lowest BCUT2D eigenvalue weighted by Gasteiger charge is -2.26. The third kappa shape index (κ3) is 4.11. The largest absolute Gasteiger partial charge is 0.322 e. The lowest BCUT2D eigenvalue weighted by atomic mass is 10.1. The molecule has 0 saturated heterocycles. The molecule has 0 unspecified atom stereocenters. The second kappa shape index (κ2) is 7.40. The molecule has 0 aliphatic carbocycles. The minimum atomic E-state index is -3.24. The molecular formula is C21H22N2O3S. The molecule has 3 aromatic rings. The molecule has 0 spiro atoms. The van der Waals surface area contributed by atoms with Gasteiger partial charge in [0.15, 0.2) is 9.84 Å². The van der Waals surface area contributed by atoms with Crippen LogP contribution in [0.5, 0.6) is 0 Å². The average Bonchev–Trinajstić information content (AvgIpc) is 2.66. The van der Waals surface area contributed by atoms with Crippen LogP contribution in [0, 0.1) is 0 Å². The van der Waals surface area contributed by atoms with Crippen molar-refractivity contribution in [3.05, 3.63) is 72.3 Å². The number of hydrogen-bond acceptors (Lipinski definition) is 3. The van der Waals surface area contributed by atoms with E-state index in [1.54, 1.807) is 36.2 Å². The molecule has 0 heterocycles. The van der Waals surface area contributed by atoms with Gasteiger partial charge in [0.25, 0.3) is 0 Å². The first-order valence-electron chi connectivity index (χ1n) is 8.59.